The van der Waals surface area contributed by atoms with E-state index >= 15 is 0 Å². The first-order valence-electron chi connectivity index (χ1n) is 5.28. The third kappa shape index (κ3) is 2.63. The van der Waals surface area contributed by atoms with Crippen LogP contribution < -0.4 is 0 Å². The zero-order chi connectivity index (χ0) is 12.4. The predicted octanol–water partition coefficient (Wildman–Crippen LogP) is 4.38. The van der Waals surface area contributed by atoms with Gasteiger partial charge in [0.25, 0.3) is 0 Å². The minimum atomic E-state index is -0.723. The van der Waals surface area contributed by atoms with Crippen LogP contribution in [0.1, 0.15) is 22.8 Å². The number of hydrogen-bond acceptors (Lipinski definition) is 1. The quantitative estimate of drug-likeness (QED) is 0.855. The van der Waals surface area contributed by atoms with Gasteiger partial charge in [-0.1, -0.05) is 53.5 Å². The SMILES string of the molecule is Cc1cccc(C(O)c2ccc(Cl)cc2)c1Cl. The molecule has 1 atom stereocenters. The largest absolute Gasteiger partial charge is 0.384 e. The number of rotatable bonds is 2. The van der Waals surface area contributed by atoms with Crippen LogP contribution in [-0.2, 0) is 0 Å². The minimum Gasteiger partial charge on any atom is -0.384 e. The van der Waals surface area contributed by atoms with Crippen LogP contribution in [-0.4, -0.2) is 5.11 Å². The topological polar surface area (TPSA) is 20.2 Å². The van der Waals surface area contributed by atoms with E-state index in [0.717, 1.165) is 11.1 Å². The highest BCUT2D eigenvalue weighted by atomic mass is 35.5. The van der Waals surface area contributed by atoms with Crippen LogP contribution in [0, 0.1) is 6.92 Å². The molecular weight excluding hydrogens is 255 g/mol. The molecule has 0 aliphatic rings. The van der Waals surface area contributed by atoms with Crippen molar-refractivity contribution in [1.29, 1.82) is 0 Å². The molecule has 0 heterocycles. The number of hydrogen-bond donors (Lipinski definition) is 1. The van der Waals surface area contributed by atoms with Crippen molar-refractivity contribution in [3.05, 3.63) is 69.2 Å². The molecule has 0 aliphatic heterocycles. The molecule has 2 rings (SSSR count). The van der Waals surface area contributed by atoms with E-state index in [1.54, 1.807) is 24.3 Å². The molecule has 1 unspecified atom stereocenters. The maximum absolute atomic E-state index is 10.3. The second-order valence-corrected chi connectivity index (χ2v) is 4.75. The van der Waals surface area contributed by atoms with Crippen LogP contribution >= 0.6 is 23.2 Å². The summed E-state index contributed by atoms with van der Waals surface area (Å²) in [5.74, 6) is 0. The molecule has 0 fully saturated rings. The van der Waals surface area contributed by atoms with Crippen LogP contribution in [0.5, 0.6) is 0 Å². The molecule has 0 radical (unpaired) electrons. The zero-order valence-corrected chi connectivity index (χ0v) is 10.8. The Kier molecular flexibility index (Phi) is 3.72. The third-order valence-electron chi connectivity index (χ3n) is 2.70. The molecule has 0 amide bonds. The van der Waals surface area contributed by atoms with Gasteiger partial charge in [0, 0.05) is 15.6 Å². The van der Waals surface area contributed by atoms with Gasteiger partial charge in [-0.25, -0.2) is 0 Å². The second-order valence-electron chi connectivity index (χ2n) is 3.93. The average molecular weight is 267 g/mol. The van der Waals surface area contributed by atoms with Gasteiger partial charge < -0.3 is 5.11 Å². The van der Waals surface area contributed by atoms with E-state index < -0.39 is 6.10 Å². The number of benzene rings is 2. The molecule has 3 heteroatoms. The molecule has 0 aliphatic carbocycles. The Bertz CT molecular complexity index is 520. The monoisotopic (exact) mass is 266 g/mol. The fraction of sp³-hybridized carbons (Fsp3) is 0.143. The Morgan fingerprint density at radius 3 is 2.29 bits per heavy atom. The number of aliphatic hydroxyl groups excluding tert-OH is 1. The van der Waals surface area contributed by atoms with E-state index in [9.17, 15) is 5.11 Å². The smallest absolute Gasteiger partial charge is 0.105 e. The van der Waals surface area contributed by atoms with Gasteiger partial charge in [-0.2, -0.15) is 0 Å². The maximum atomic E-state index is 10.3. The van der Waals surface area contributed by atoms with Crippen molar-refractivity contribution in [2.24, 2.45) is 0 Å². The lowest BCUT2D eigenvalue weighted by Gasteiger charge is -2.14. The number of aryl methyl sites for hydroxylation is 1. The number of halogens is 2. The molecule has 1 nitrogen and oxygen atoms in total. The van der Waals surface area contributed by atoms with Crippen molar-refractivity contribution < 1.29 is 5.11 Å². The highest BCUT2D eigenvalue weighted by Gasteiger charge is 2.14. The van der Waals surface area contributed by atoms with Crippen molar-refractivity contribution in [3.8, 4) is 0 Å². The average Bonchev–Trinajstić information content (AvgIpc) is 2.33. The fourth-order valence-electron chi connectivity index (χ4n) is 1.71. The van der Waals surface area contributed by atoms with Crippen molar-refractivity contribution in [2.75, 3.05) is 0 Å². The van der Waals surface area contributed by atoms with E-state index in [2.05, 4.69) is 0 Å². The van der Waals surface area contributed by atoms with Gasteiger partial charge in [0.2, 0.25) is 0 Å². The third-order valence-corrected chi connectivity index (χ3v) is 3.47. The summed E-state index contributed by atoms with van der Waals surface area (Å²) in [6.45, 7) is 1.92. The van der Waals surface area contributed by atoms with Crippen molar-refractivity contribution in [1.82, 2.24) is 0 Å². The van der Waals surface area contributed by atoms with E-state index in [0.29, 0.717) is 15.6 Å². The molecule has 0 aromatic heterocycles. The van der Waals surface area contributed by atoms with Gasteiger partial charge in [-0.3, -0.25) is 0 Å². The molecule has 0 bridgehead atoms. The summed E-state index contributed by atoms with van der Waals surface area (Å²) in [6.07, 6.45) is -0.723. The standard InChI is InChI=1S/C14H12Cl2O/c1-9-3-2-4-12(13(9)16)14(17)10-5-7-11(15)8-6-10/h2-8,14,17H,1H3. The summed E-state index contributed by atoms with van der Waals surface area (Å²) in [4.78, 5) is 0. The molecule has 0 spiro atoms. The summed E-state index contributed by atoms with van der Waals surface area (Å²) in [5.41, 5.74) is 2.45. The Hall–Kier alpha value is -1.02. The normalized spacial score (nSPS) is 12.5. The van der Waals surface area contributed by atoms with Gasteiger partial charge in [0.05, 0.1) is 0 Å². The van der Waals surface area contributed by atoms with Crippen molar-refractivity contribution >= 4 is 23.2 Å². The molecule has 17 heavy (non-hydrogen) atoms. The van der Waals surface area contributed by atoms with Crippen molar-refractivity contribution in [3.63, 3.8) is 0 Å². The van der Waals surface area contributed by atoms with E-state index in [-0.39, 0.29) is 0 Å². The molecule has 2 aromatic carbocycles. The van der Waals surface area contributed by atoms with Gasteiger partial charge >= 0.3 is 0 Å². The molecular formula is C14H12Cl2O. The molecule has 0 saturated carbocycles. The highest BCUT2D eigenvalue weighted by molar-refractivity contribution is 6.32. The molecule has 0 saturated heterocycles. The lowest BCUT2D eigenvalue weighted by molar-refractivity contribution is 0.220. The van der Waals surface area contributed by atoms with Crippen LogP contribution in [0.4, 0.5) is 0 Å². The van der Waals surface area contributed by atoms with E-state index in [1.807, 2.05) is 25.1 Å². The Morgan fingerprint density at radius 2 is 1.65 bits per heavy atom. The minimum absolute atomic E-state index is 0.606. The van der Waals surface area contributed by atoms with Crippen LogP contribution in [0.25, 0.3) is 0 Å². The van der Waals surface area contributed by atoms with Crippen LogP contribution in [0.3, 0.4) is 0 Å². The fourth-order valence-corrected chi connectivity index (χ4v) is 2.06. The summed E-state index contributed by atoms with van der Waals surface area (Å²) < 4.78 is 0. The summed E-state index contributed by atoms with van der Waals surface area (Å²) in [6, 6.07) is 12.7. The molecule has 88 valence electrons. The maximum Gasteiger partial charge on any atom is 0.105 e. The van der Waals surface area contributed by atoms with E-state index in [4.69, 9.17) is 23.2 Å². The van der Waals surface area contributed by atoms with Gasteiger partial charge in [0.1, 0.15) is 6.10 Å². The van der Waals surface area contributed by atoms with Gasteiger partial charge in [-0.15, -0.1) is 0 Å². The Balaban J connectivity index is 2.40. The van der Waals surface area contributed by atoms with Gasteiger partial charge in [-0.05, 0) is 30.2 Å². The summed E-state index contributed by atoms with van der Waals surface area (Å²) >= 11 is 12.0. The Labute approximate surface area is 111 Å². The summed E-state index contributed by atoms with van der Waals surface area (Å²) in [5, 5.41) is 11.5. The Morgan fingerprint density at radius 1 is 1.00 bits per heavy atom. The lowest BCUT2D eigenvalue weighted by Crippen LogP contribution is -2.01. The first kappa shape index (κ1) is 12.4. The number of aliphatic hydroxyl groups is 1. The molecule has 2 aromatic rings. The zero-order valence-electron chi connectivity index (χ0n) is 9.32. The first-order valence-corrected chi connectivity index (χ1v) is 6.03. The van der Waals surface area contributed by atoms with Gasteiger partial charge in [0.15, 0.2) is 0 Å². The predicted molar refractivity (Wildman–Crippen MR) is 71.7 cm³/mol. The van der Waals surface area contributed by atoms with Crippen LogP contribution in [0.2, 0.25) is 10.0 Å². The van der Waals surface area contributed by atoms with E-state index in [1.165, 1.54) is 0 Å². The van der Waals surface area contributed by atoms with Crippen molar-refractivity contribution in [2.45, 2.75) is 13.0 Å². The summed E-state index contributed by atoms with van der Waals surface area (Å²) in [7, 11) is 0. The lowest BCUT2D eigenvalue weighted by atomic mass is 10.00. The van der Waals surface area contributed by atoms with Crippen LogP contribution in [0.15, 0.2) is 42.5 Å². The second kappa shape index (κ2) is 5.09. The highest BCUT2D eigenvalue weighted by Crippen LogP contribution is 2.30. The molecule has 1 N–H and O–H groups in total. The first-order chi connectivity index (χ1) is 8.09.